The molecule has 29 heavy (non-hydrogen) atoms. The smallest absolute Gasteiger partial charge is 0.401 e. The second kappa shape index (κ2) is 7.21. The molecule has 1 fully saturated rings. The molecule has 0 aliphatic carbocycles. The maximum Gasteiger partial charge on any atom is 0.401 e. The maximum absolute atomic E-state index is 15.0. The van der Waals surface area contributed by atoms with Crippen molar-refractivity contribution in [1.82, 2.24) is 9.47 Å². The summed E-state index contributed by atoms with van der Waals surface area (Å²) in [5.74, 6) is -1.47. The largest absolute Gasteiger partial charge is 0.477 e. The molecule has 6 nitrogen and oxygen atoms in total. The minimum absolute atomic E-state index is 0.00376. The SMILES string of the molecule is O=C(O)c1cn2c3c(c(N4CCN(CC(F)(F)F)CC4)c(F)cc3c1=O)SCC2. The second-order valence-corrected chi connectivity index (χ2v) is 8.13. The summed E-state index contributed by atoms with van der Waals surface area (Å²) in [6.07, 6.45) is -3.00. The maximum atomic E-state index is 15.0. The highest BCUT2D eigenvalue weighted by atomic mass is 32.2. The van der Waals surface area contributed by atoms with Crippen molar-refractivity contribution in [2.45, 2.75) is 17.6 Å². The van der Waals surface area contributed by atoms with Crippen LogP contribution in [-0.2, 0) is 6.54 Å². The number of rotatable bonds is 3. The van der Waals surface area contributed by atoms with Gasteiger partial charge in [-0.1, -0.05) is 0 Å². The molecule has 1 N–H and O–H groups in total. The predicted octanol–water partition coefficient (Wildman–Crippen LogP) is 2.63. The van der Waals surface area contributed by atoms with Crippen molar-refractivity contribution >= 4 is 34.3 Å². The summed E-state index contributed by atoms with van der Waals surface area (Å²) < 4.78 is 54.5. The van der Waals surface area contributed by atoms with Gasteiger partial charge in [0.2, 0.25) is 5.43 Å². The van der Waals surface area contributed by atoms with E-state index in [0.29, 0.717) is 22.7 Å². The van der Waals surface area contributed by atoms with Crippen LogP contribution in [0.1, 0.15) is 10.4 Å². The number of carboxylic acids is 1. The Labute approximate surface area is 166 Å². The second-order valence-electron chi connectivity index (χ2n) is 7.03. The monoisotopic (exact) mass is 431 g/mol. The van der Waals surface area contributed by atoms with Crippen LogP contribution in [0.2, 0.25) is 0 Å². The van der Waals surface area contributed by atoms with Crippen LogP contribution in [0.4, 0.5) is 23.2 Å². The Morgan fingerprint density at radius 3 is 2.48 bits per heavy atom. The topological polar surface area (TPSA) is 65.8 Å². The molecule has 2 aliphatic rings. The van der Waals surface area contributed by atoms with Crippen molar-refractivity contribution in [3.8, 4) is 0 Å². The van der Waals surface area contributed by atoms with Crippen molar-refractivity contribution in [2.24, 2.45) is 0 Å². The number of carboxylic acid groups (broad SMARTS) is 1. The number of carbonyl (C=O) groups is 1. The number of anilines is 1. The lowest BCUT2D eigenvalue weighted by atomic mass is 10.1. The van der Waals surface area contributed by atoms with Gasteiger partial charge in [0.1, 0.15) is 11.4 Å². The molecule has 0 unspecified atom stereocenters. The normalized spacial score (nSPS) is 17.7. The van der Waals surface area contributed by atoms with Crippen molar-refractivity contribution in [1.29, 1.82) is 0 Å². The van der Waals surface area contributed by atoms with Crippen LogP contribution in [0.25, 0.3) is 10.9 Å². The van der Waals surface area contributed by atoms with E-state index in [1.54, 1.807) is 9.47 Å². The van der Waals surface area contributed by atoms with Gasteiger partial charge in [0.05, 0.1) is 28.0 Å². The molecule has 2 aromatic rings. The van der Waals surface area contributed by atoms with Crippen molar-refractivity contribution in [2.75, 3.05) is 43.4 Å². The number of aromatic carboxylic acids is 1. The van der Waals surface area contributed by atoms with Crippen LogP contribution in [0.5, 0.6) is 0 Å². The van der Waals surface area contributed by atoms with Gasteiger partial charge in [-0.25, -0.2) is 9.18 Å². The molecule has 1 aromatic heterocycles. The Morgan fingerprint density at radius 2 is 1.86 bits per heavy atom. The molecule has 156 valence electrons. The van der Waals surface area contributed by atoms with E-state index in [-0.39, 0.29) is 37.3 Å². The summed E-state index contributed by atoms with van der Waals surface area (Å²) in [5, 5.41) is 9.26. The van der Waals surface area contributed by atoms with Gasteiger partial charge in [0, 0.05) is 44.7 Å². The van der Waals surface area contributed by atoms with E-state index in [0.717, 1.165) is 6.07 Å². The Bertz CT molecular complexity index is 1050. The van der Waals surface area contributed by atoms with Gasteiger partial charge in [-0.05, 0) is 6.07 Å². The third-order valence-electron chi connectivity index (χ3n) is 5.14. The average molecular weight is 431 g/mol. The number of hydrogen-bond acceptors (Lipinski definition) is 5. The van der Waals surface area contributed by atoms with Gasteiger partial charge in [0.25, 0.3) is 0 Å². The third kappa shape index (κ3) is 3.68. The van der Waals surface area contributed by atoms with Gasteiger partial charge in [-0.3, -0.25) is 9.69 Å². The molecule has 0 atom stereocenters. The van der Waals surface area contributed by atoms with Gasteiger partial charge in [-0.15, -0.1) is 11.8 Å². The fraction of sp³-hybridized carbons (Fsp3) is 0.444. The molecular weight excluding hydrogens is 414 g/mol. The zero-order valence-electron chi connectivity index (χ0n) is 15.1. The number of aromatic nitrogens is 1. The number of halogens is 4. The zero-order chi connectivity index (χ0) is 20.9. The highest BCUT2D eigenvalue weighted by molar-refractivity contribution is 7.99. The fourth-order valence-electron chi connectivity index (χ4n) is 3.88. The molecule has 0 radical (unpaired) electrons. The quantitative estimate of drug-likeness (QED) is 0.754. The summed E-state index contributed by atoms with van der Waals surface area (Å²) in [4.78, 5) is 27.4. The van der Waals surface area contributed by atoms with Crippen molar-refractivity contribution < 1.29 is 27.5 Å². The van der Waals surface area contributed by atoms with E-state index in [1.165, 1.54) is 22.9 Å². The Balaban J connectivity index is 1.75. The lowest BCUT2D eigenvalue weighted by molar-refractivity contribution is -0.146. The van der Waals surface area contributed by atoms with Crippen LogP contribution in [0.3, 0.4) is 0 Å². The van der Waals surface area contributed by atoms with Gasteiger partial charge in [0.15, 0.2) is 0 Å². The first kappa shape index (κ1) is 20.0. The molecule has 1 saturated heterocycles. The molecule has 3 heterocycles. The first-order chi connectivity index (χ1) is 13.7. The molecule has 2 aliphatic heterocycles. The summed E-state index contributed by atoms with van der Waals surface area (Å²) in [6, 6.07) is 1.05. The molecule has 4 rings (SSSR count). The molecular formula is C18H17F4N3O3S. The average Bonchev–Trinajstić information content (AvgIpc) is 2.64. The summed E-state index contributed by atoms with van der Waals surface area (Å²) >= 11 is 1.37. The van der Waals surface area contributed by atoms with Crippen LogP contribution in [0, 0.1) is 5.82 Å². The Morgan fingerprint density at radius 1 is 1.17 bits per heavy atom. The molecule has 0 saturated carbocycles. The number of thioether (sulfide) groups is 1. The summed E-state index contributed by atoms with van der Waals surface area (Å²) in [7, 11) is 0. The number of aryl methyl sites for hydroxylation is 1. The minimum Gasteiger partial charge on any atom is -0.477 e. The lowest BCUT2D eigenvalue weighted by Crippen LogP contribution is -2.49. The fourth-order valence-corrected chi connectivity index (χ4v) is 5.10. The van der Waals surface area contributed by atoms with E-state index in [1.807, 2.05) is 0 Å². The standard InChI is InChI=1S/C18H17F4N3O3S/c19-12-7-10-13-16(29-6-5-25(13)8-11(15(10)26)17(27)28)14(12)24-3-1-23(2-4-24)9-18(20,21)22/h7-8H,1-6,9H2,(H,27,28). The van der Waals surface area contributed by atoms with Crippen LogP contribution < -0.4 is 10.3 Å². The number of piperazine rings is 1. The predicted molar refractivity (Wildman–Crippen MR) is 101 cm³/mol. The summed E-state index contributed by atoms with van der Waals surface area (Å²) in [5.41, 5.74) is -0.410. The van der Waals surface area contributed by atoms with Gasteiger partial charge >= 0.3 is 12.1 Å². The van der Waals surface area contributed by atoms with E-state index < -0.39 is 35.5 Å². The van der Waals surface area contributed by atoms with Gasteiger partial charge < -0.3 is 14.6 Å². The Hall–Kier alpha value is -2.27. The van der Waals surface area contributed by atoms with Crippen LogP contribution in [0.15, 0.2) is 22.0 Å². The third-order valence-corrected chi connectivity index (χ3v) is 6.21. The molecule has 1 aromatic carbocycles. The number of benzene rings is 1. The Kier molecular flexibility index (Phi) is 4.97. The molecule has 0 amide bonds. The van der Waals surface area contributed by atoms with Crippen LogP contribution in [-0.4, -0.2) is 65.2 Å². The number of hydrogen-bond donors (Lipinski definition) is 1. The zero-order valence-corrected chi connectivity index (χ0v) is 15.9. The van der Waals surface area contributed by atoms with E-state index in [2.05, 4.69) is 0 Å². The highest BCUT2D eigenvalue weighted by Gasteiger charge is 2.34. The lowest BCUT2D eigenvalue weighted by Gasteiger charge is -2.38. The van der Waals surface area contributed by atoms with Crippen molar-refractivity contribution in [3.05, 3.63) is 33.9 Å². The minimum atomic E-state index is -4.28. The number of pyridine rings is 1. The van der Waals surface area contributed by atoms with Crippen LogP contribution >= 0.6 is 11.8 Å². The highest BCUT2D eigenvalue weighted by Crippen LogP contribution is 2.41. The number of nitrogens with zero attached hydrogens (tertiary/aromatic N) is 3. The number of alkyl halides is 3. The summed E-state index contributed by atoms with van der Waals surface area (Å²) in [6.45, 7) is 0.212. The van der Waals surface area contributed by atoms with Gasteiger partial charge in [-0.2, -0.15) is 13.2 Å². The van der Waals surface area contributed by atoms with E-state index in [9.17, 15) is 27.9 Å². The first-order valence-electron chi connectivity index (χ1n) is 8.95. The van der Waals surface area contributed by atoms with E-state index >= 15 is 4.39 Å². The molecule has 0 spiro atoms. The van der Waals surface area contributed by atoms with Crippen molar-refractivity contribution in [3.63, 3.8) is 0 Å². The van der Waals surface area contributed by atoms with E-state index in [4.69, 9.17) is 0 Å². The molecule has 0 bridgehead atoms. The molecule has 11 heteroatoms. The first-order valence-corrected chi connectivity index (χ1v) is 9.94.